The minimum atomic E-state index is -1.57. The SMILES string of the molecule is OC[C@H]1O[C@H](O)[C@@H](O)[C@@H](O)[C@@H]1O.Oc1c[nH]c2cc(Cl)cc(Cl)c12. The van der Waals surface area contributed by atoms with E-state index in [1.807, 2.05) is 0 Å². The van der Waals surface area contributed by atoms with E-state index in [-0.39, 0.29) is 5.75 Å². The summed E-state index contributed by atoms with van der Waals surface area (Å²) in [5, 5.41) is 55.6. The van der Waals surface area contributed by atoms with Crippen LogP contribution in [0.2, 0.25) is 10.0 Å². The molecule has 1 aromatic heterocycles. The molecular weight excluding hydrogens is 365 g/mol. The molecule has 134 valence electrons. The number of aliphatic hydroxyl groups excluding tert-OH is 5. The summed E-state index contributed by atoms with van der Waals surface area (Å²) in [6.07, 6.45) is -5.56. The molecule has 0 spiro atoms. The number of aliphatic hydroxyl groups is 5. The first kappa shape index (κ1) is 19.2. The molecule has 1 aliphatic heterocycles. The van der Waals surface area contributed by atoms with E-state index in [9.17, 15) is 5.11 Å². The quantitative estimate of drug-likeness (QED) is 0.366. The Balaban J connectivity index is 0.000000174. The Labute approximate surface area is 146 Å². The lowest BCUT2D eigenvalue weighted by atomic mass is 10.00. The van der Waals surface area contributed by atoms with Gasteiger partial charge in [-0.15, -0.1) is 0 Å². The normalized spacial score (nSPS) is 30.0. The molecule has 0 aliphatic carbocycles. The van der Waals surface area contributed by atoms with Gasteiger partial charge < -0.3 is 40.4 Å². The maximum absolute atomic E-state index is 9.32. The molecule has 2 aromatic rings. The number of nitrogens with one attached hydrogen (secondary N) is 1. The van der Waals surface area contributed by atoms with Crippen molar-refractivity contribution in [3.8, 4) is 5.75 Å². The smallest absolute Gasteiger partial charge is 0.184 e. The van der Waals surface area contributed by atoms with Crippen LogP contribution >= 0.6 is 23.2 Å². The molecule has 0 amide bonds. The number of halogens is 2. The van der Waals surface area contributed by atoms with Gasteiger partial charge in [-0.2, -0.15) is 0 Å². The fourth-order valence-electron chi connectivity index (χ4n) is 2.25. The third-order valence-electron chi connectivity index (χ3n) is 3.54. The lowest BCUT2D eigenvalue weighted by molar-refractivity contribution is -0.286. The number of rotatable bonds is 1. The zero-order valence-corrected chi connectivity index (χ0v) is 13.7. The third-order valence-corrected chi connectivity index (χ3v) is 4.06. The molecule has 2 heterocycles. The van der Waals surface area contributed by atoms with E-state index < -0.39 is 37.3 Å². The van der Waals surface area contributed by atoms with Crippen LogP contribution in [0.1, 0.15) is 0 Å². The second kappa shape index (κ2) is 7.85. The lowest BCUT2D eigenvalue weighted by Crippen LogP contribution is -2.58. The number of aromatic hydroxyl groups is 1. The summed E-state index contributed by atoms with van der Waals surface area (Å²) in [7, 11) is 0. The summed E-state index contributed by atoms with van der Waals surface area (Å²) >= 11 is 11.6. The van der Waals surface area contributed by atoms with E-state index in [4.69, 9.17) is 48.7 Å². The largest absolute Gasteiger partial charge is 0.506 e. The number of ether oxygens (including phenoxy) is 1. The minimum Gasteiger partial charge on any atom is -0.506 e. The van der Waals surface area contributed by atoms with Gasteiger partial charge in [-0.05, 0) is 12.1 Å². The molecule has 8 nitrogen and oxygen atoms in total. The van der Waals surface area contributed by atoms with Crippen LogP contribution in [0.25, 0.3) is 10.9 Å². The van der Waals surface area contributed by atoms with Gasteiger partial charge in [0.2, 0.25) is 0 Å². The van der Waals surface area contributed by atoms with E-state index >= 15 is 0 Å². The molecule has 1 aliphatic rings. The summed E-state index contributed by atoms with van der Waals surface area (Å²) < 4.78 is 4.58. The molecule has 0 unspecified atom stereocenters. The number of H-pyrrole nitrogens is 1. The Morgan fingerprint density at radius 3 is 2.33 bits per heavy atom. The predicted molar refractivity (Wildman–Crippen MR) is 86.0 cm³/mol. The Morgan fingerprint density at radius 2 is 1.71 bits per heavy atom. The van der Waals surface area contributed by atoms with E-state index in [2.05, 4.69) is 9.72 Å². The molecule has 0 saturated carbocycles. The molecule has 5 atom stereocenters. The average Bonchev–Trinajstić information content (AvgIpc) is 2.90. The van der Waals surface area contributed by atoms with Crippen molar-refractivity contribution in [1.29, 1.82) is 0 Å². The fraction of sp³-hybridized carbons (Fsp3) is 0.429. The van der Waals surface area contributed by atoms with E-state index in [1.165, 1.54) is 6.20 Å². The van der Waals surface area contributed by atoms with Gasteiger partial charge in [0, 0.05) is 11.2 Å². The second-order valence-electron chi connectivity index (χ2n) is 5.20. The maximum Gasteiger partial charge on any atom is 0.184 e. The summed E-state index contributed by atoms with van der Waals surface area (Å²) in [5.41, 5.74) is 0.741. The number of hydrogen-bond acceptors (Lipinski definition) is 7. The van der Waals surface area contributed by atoms with Crippen LogP contribution in [-0.4, -0.2) is 72.9 Å². The van der Waals surface area contributed by atoms with Gasteiger partial charge in [0.1, 0.15) is 30.2 Å². The highest BCUT2D eigenvalue weighted by Gasteiger charge is 2.42. The standard InChI is InChI=1S/C8H5Cl2NO.C6H12O6/c9-4-1-5(10)8-6(2-4)11-3-7(8)12;7-1-2-3(8)4(9)5(10)6(11)12-2/h1-3,11-12H;2-11H,1H2/t;2-,3-,4+,5+,6+/m.1/s1. The number of aromatic nitrogens is 1. The van der Waals surface area contributed by atoms with Gasteiger partial charge >= 0.3 is 0 Å². The van der Waals surface area contributed by atoms with Gasteiger partial charge in [-0.25, -0.2) is 0 Å². The first-order valence-electron chi connectivity index (χ1n) is 6.90. The van der Waals surface area contributed by atoms with Crippen LogP contribution in [0.3, 0.4) is 0 Å². The highest BCUT2D eigenvalue weighted by molar-refractivity contribution is 6.39. The van der Waals surface area contributed by atoms with Crippen LogP contribution in [0, 0.1) is 0 Å². The molecule has 0 bridgehead atoms. The number of benzene rings is 1. The molecular formula is C14H17Cl2NO7. The first-order chi connectivity index (χ1) is 11.3. The third kappa shape index (κ3) is 3.93. The van der Waals surface area contributed by atoms with Crippen molar-refractivity contribution in [2.24, 2.45) is 0 Å². The number of aromatic amines is 1. The zero-order chi connectivity index (χ0) is 18.0. The van der Waals surface area contributed by atoms with Crippen molar-refractivity contribution in [2.45, 2.75) is 30.7 Å². The van der Waals surface area contributed by atoms with E-state index in [0.29, 0.717) is 15.4 Å². The van der Waals surface area contributed by atoms with Gasteiger partial charge in [0.25, 0.3) is 0 Å². The van der Waals surface area contributed by atoms with Crippen molar-refractivity contribution in [3.05, 3.63) is 28.4 Å². The van der Waals surface area contributed by atoms with Crippen molar-refractivity contribution in [3.63, 3.8) is 0 Å². The number of hydrogen-bond donors (Lipinski definition) is 7. The Kier molecular flexibility index (Phi) is 6.29. The van der Waals surface area contributed by atoms with Crippen LogP contribution in [0.15, 0.2) is 18.3 Å². The maximum atomic E-state index is 9.32. The molecule has 1 saturated heterocycles. The zero-order valence-electron chi connectivity index (χ0n) is 12.2. The summed E-state index contributed by atoms with van der Waals surface area (Å²) in [6.45, 7) is -0.526. The van der Waals surface area contributed by atoms with Gasteiger partial charge in [0.05, 0.1) is 22.5 Å². The molecule has 3 rings (SSSR count). The highest BCUT2D eigenvalue weighted by Crippen LogP contribution is 2.33. The molecule has 1 fully saturated rings. The topological polar surface area (TPSA) is 146 Å². The Hall–Kier alpha value is -1.10. The average molecular weight is 382 g/mol. The Morgan fingerprint density at radius 1 is 1.04 bits per heavy atom. The summed E-state index contributed by atoms with van der Waals surface area (Å²) in [4.78, 5) is 2.85. The van der Waals surface area contributed by atoms with Crippen molar-refractivity contribution < 1.29 is 35.4 Å². The van der Waals surface area contributed by atoms with Crippen molar-refractivity contribution in [1.82, 2.24) is 4.98 Å². The first-order valence-corrected chi connectivity index (χ1v) is 7.65. The Bertz CT molecular complexity index is 690. The van der Waals surface area contributed by atoms with Crippen LogP contribution < -0.4 is 0 Å². The predicted octanol–water partition coefficient (Wildman–Crippen LogP) is -0.0411. The molecule has 10 heteroatoms. The van der Waals surface area contributed by atoms with E-state index in [0.717, 1.165) is 5.52 Å². The van der Waals surface area contributed by atoms with Crippen molar-refractivity contribution in [2.75, 3.05) is 6.61 Å². The van der Waals surface area contributed by atoms with Crippen LogP contribution in [-0.2, 0) is 4.74 Å². The van der Waals surface area contributed by atoms with Gasteiger partial charge in [-0.1, -0.05) is 23.2 Å². The molecule has 0 radical (unpaired) electrons. The molecule has 24 heavy (non-hydrogen) atoms. The van der Waals surface area contributed by atoms with E-state index in [1.54, 1.807) is 12.1 Å². The fourth-order valence-corrected chi connectivity index (χ4v) is 2.84. The van der Waals surface area contributed by atoms with Gasteiger partial charge in [0.15, 0.2) is 6.29 Å². The lowest BCUT2D eigenvalue weighted by Gasteiger charge is -2.37. The van der Waals surface area contributed by atoms with Crippen molar-refractivity contribution >= 4 is 34.1 Å². The molecule has 1 aromatic carbocycles. The monoisotopic (exact) mass is 381 g/mol. The minimum absolute atomic E-state index is 0.145. The highest BCUT2D eigenvalue weighted by atomic mass is 35.5. The summed E-state index contributed by atoms with van der Waals surface area (Å²) in [6, 6.07) is 3.31. The number of fused-ring (bicyclic) bond motifs is 1. The van der Waals surface area contributed by atoms with Crippen LogP contribution in [0.5, 0.6) is 5.75 Å². The molecule has 7 N–H and O–H groups in total. The van der Waals surface area contributed by atoms with Gasteiger partial charge in [-0.3, -0.25) is 0 Å². The summed E-state index contributed by atoms with van der Waals surface area (Å²) in [5.74, 6) is 0.145. The van der Waals surface area contributed by atoms with Crippen LogP contribution in [0.4, 0.5) is 0 Å². The second-order valence-corrected chi connectivity index (χ2v) is 6.05.